The van der Waals surface area contributed by atoms with Crippen LogP contribution in [0.2, 0.25) is 0 Å². The van der Waals surface area contributed by atoms with Crippen molar-refractivity contribution in [3.8, 4) is 0 Å². The fourth-order valence-corrected chi connectivity index (χ4v) is 14.9. The molecule has 0 aromatic carbocycles. The van der Waals surface area contributed by atoms with Crippen LogP contribution in [-0.2, 0) is 63.7 Å². The Balaban J connectivity index is 0.853. The molecule has 0 radical (unpaired) electrons. The highest BCUT2D eigenvalue weighted by Gasteiger charge is 2.53. The Hall–Kier alpha value is -6.24. The van der Waals surface area contributed by atoms with E-state index in [0.717, 1.165) is 55.4 Å². The van der Waals surface area contributed by atoms with Crippen LogP contribution < -0.4 is 20.9 Å². The van der Waals surface area contributed by atoms with Gasteiger partial charge in [-0.1, -0.05) is 64.2 Å². The zero-order valence-corrected chi connectivity index (χ0v) is 61.9. The third-order valence-electron chi connectivity index (χ3n) is 21.2. The molecule has 4 saturated heterocycles. The number of carbonyl (C=O) groups is 5. The predicted octanol–water partition coefficient (Wildman–Crippen LogP) is 5.53. The van der Waals surface area contributed by atoms with Crippen molar-refractivity contribution in [2.75, 3.05) is 110 Å². The van der Waals surface area contributed by atoms with Crippen LogP contribution in [0.1, 0.15) is 136 Å². The van der Waals surface area contributed by atoms with Gasteiger partial charge in [-0.3, -0.25) is 24.1 Å². The van der Waals surface area contributed by atoms with Crippen molar-refractivity contribution in [2.24, 2.45) is 35.3 Å². The van der Waals surface area contributed by atoms with E-state index in [4.69, 9.17) is 51.1 Å². The highest BCUT2D eigenvalue weighted by atomic mass is 32.1. The van der Waals surface area contributed by atoms with Crippen LogP contribution in [0, 0.1) is 36.5 Å². The number of piperidine rings is 1. The Morgan fingerprint density at radius 1 is 0.743 bits per heavy atom. The minimum atomic E-state index is -2.47. The summed E-state index contributed by atoms with van der Waals surface area (Å²) in [7, 11) is 4.70. The highest BCUT2D eigenvalue weighted by Crippen LogP contribution is 2.38. The standard InChI is InChI=1S/C74H113N11O15S/c1-47-16-12-11-13-17-49(3)60(94-8)40-56-21-19-53(7)74(93,100-56)68(90)69(91)85-24-15-14-18-58(85)70(92)98-62(41-61(95-9)50(4)37-52(6)66(88)67(89)65(87)51(5)36-47)57(75)38-54-20-22-59(63(39-54)96-10)99-73(101)80-46-55-44-78-72(79-45-55)84-31-29-82(30-32-84)64(86)23-34-97-35-33-81-25-27-83(28-26-81)71-76-42-48(2)43-77-71/h11-13,16-17,37,42-45,47,50-51,53-54,56-63,66-67,88-89,93H,14-15,18-36,38-41,46,75H2,1-10H3,(H,80,101)/b13-11+,16-12+,49-17+,52-37+/t47-,50-,51-,53-,54+,56+,57-,58+,59-,60+,61-,62+,63-,66-,67+,74-/m1/s1. The van der Waals surface area contributed by atoms with Crippen LogP contribution in [0.3, 0.4) is 0 Å². The van der Waals surface area contributed by atoms with Crippen LogP contribution in [0.4, 0.5) is 11.9 Å². The normalized spacial score (nSPS) is 32.9. The Bertz CT molecular complexity index is 3150. The van der Waals surface area contributed by atoms with Gasteiger partial charge in [0.25, 0.3) is 16.9 Å². The van der Waals surface area contributed by atoms with Gasteiger partial charge in [-0.25, -0.2) is 24.7 Å². The first-order valence-electron chi connectivity index (χ1n) is 36.4. The van der Waals surface area contributed by atoms with Gasteiger partial charge in [0, 0.05) is 160 Å². The van der Waals surface area contributed by atoms with E-state index in [9.17, 15) is 39.3 Å². The van der Waals surface area contributed by atoms with Crippen molar-refractivity contribution < 1.29 is 72.5 Å². The second kappa shape index (κ2) is 39.0. The van der Waals surface area contributed by atoms with Crippen LogP contribution in [0.15, 0.2) is 72.4 Å². The molecule has 7 heterocycles. The molecule has 0 spiro atoms. The lowest BCUT2D eigenvalue weighted by Gasteiger charge is -2.43. The predicted molar refractivity (Wildman–Crippen MR) is 385 cm³/mol. The molecular formula is C74H113N11O15S. The molecule has 2 aromatic heterocycles. The third kappa shape index (κ3) is 22.6. The molecule has 560 valence electrons. The average Bonchev–Trinajstić information content (AvgIpc) is 0.773. The third-order valence-corrected chi connectivity index (χ3v) is 21.4. The van der Waals surface area contributed by atoms with Crippen molar-refractivity contribution in [1.29, 1.82) is 0 Å². The van der Waals surface area contributed by atoms with E-state index in [1.54, 1.807) is 53.5 Å². The molecule has 5 fully saturated rings. The van der Waals surface area contributed by atoms with E-state index in [1.165, 1.54) is 12.0 Å². The number of nitrogens with one attached hydrogen (secondary N) is 1. The van der Waals surface area contributed by atoms with Gasteiger partial charge < -0.3 is 79.1 Å². The van der Waals surface area contributed by atoms with Gasteiger partial charge in [-0.2, -0.15) is 0 Å². The number of amides is 2. The number of aryl methyl sites for hydroxylation is 1. The lowest BCUT2D eigenvalue weighted by atomic mass is 9.80. The molecule has 6 aliphatic rings. The van der Waals surface area contributed by atoms with Crippen molar-refractivity contribution in [3.05, 3.63) is 83.5 Å². The molecule has 16 atom stereocenters. The molecule has 2 bridgehead atoms. The molecule has 101 heavy (non-hydrogen) atoms. The first-order valence-corrected chi connectivity index (χ1v) is 36.8. The van der Waals surface area contributed by atoms with E-state index < -0.39 is 102 Å². The number of ether oxygens (including phenoxy) is 7. The molecule has 8 rings (SSSR count). The summed E-state index contributed by atoms with van der Waals surface area (Å²) in [6.07, 6.45) is 17.0. The first-order chi connectivity index (χ1) is 48.4. The number of allylic oxidation sites excluding steroid dienone is 5. The van der Waals surface area contributed by atoms with Gasteiger partial charge >= 0.3 is 5.97 Å². The second-order valence-electron chi connectivity index (χ2n) is 28.7. The summed E-state index contributed by atoms with van der Waals surface area (Å²) in [6, 6.07) is -1.97. The Morgan fingerprint density at radius 3 is 2.09 bits per heavy atom. The SMILES string of the molecule is CO[C@H]1C[C@@H]2CC[C@@H](C)[C@@](O)(O2)C(=O)C(=O)N2CCCC[C@H]2C(=O)O[C@H]([C@H](N)C[C@@H]2CC[C@@H](OC(=S)NCc3cnc(N4CCN(C(=O)CCOCCN5CCN(c6ncc(C)cn6)CC5)CC4)nc3)[C@H](OC)C2)C[C@@H](OC)[C@H](C)/C=C(\C)[C@@H](O)[C@@H](O)C(=O)[C@H](C)C[C@H](C)/C=C/C=C/C=C/1C. The van der Waals surface area contributed by atoms with E-state index in [-0.39, 0.29) is 48.4 Å². The molecule has 6 N–H and O–H groups in total. The maximum absolute atomic E-state index is 14.8. The van der Waals surface area contributed by atoms with Gasteiger partial charge in [0.05, 0.1) is 44.1 Å². The van der Waals surface area contributed by atoms with Gasteiger partial charge in [0.15, 0.2) is 5.78 Å². The Morgan fingerprint density at radius 2 is 1.42 bits per heavy atom. The van der Waals surface area contributed by atoms with E-state index >= 15 is 0 Å². The number of carbonyl (C=O) groups excluding carboxylic acids is 5. The maximum atomic E-state index is 14.8. The monoisotopic (exact) mass is 1430 g/mol. The summed E-state index contributed by atoms with van der Waals surface area (Å²) in [4.78, 5) is 98.6. The number of thiocarbonyl (C=S) groups is 1. The summed E-state index contributed by atoms with van der Waals surface area (Å²) < 4.78 is 43.0. The minimum Gasteiger partial charge on any atom is -0.465 e. The summed E-state index contributed by atoms with van der Waals surface area (Å²) in [5, 5.41) is 38.3. The van der Waals surface area contributed by atoms with Crippen molar-refractivity contribution in [2.45, 2.75) is 205 Å². The van der Waals surface area contributed by atoms with Crippen LogP contribution in [-0.4, -0.2) is 251 Å². The zero-order chi connectivity index (χ0) is 72.9. The molecular weight excluding hydrogens is 1310 g/mol. The fourth-order valence-electron chi connectivity index (χ4n) is 14.7. The molecule has 2 amide bonds. The summed E-state index contributed by atoms with van der Waals surface area (Å²) in [5.74, 6) is -6.37. The van der Waals surface area contributed by atoms with E-state index in [2.05, 4.69) is 40.0 Å². The number of aliphatic hydroxyl groups is 3. The number of nitrogens with two attached hydrogens (primary N) is 1. The van der Waals surface area contributed by atoms with Crippen molar-refractivity contribution >= 4 is 58.6 Å². The Labute approximate surface area is 602 Å². The molecule has 1 saturated carbocycles. The molecule has 1 aliphatic carbocycles. The van der Waals surface area contributed by atoms with Crippen LogP contribution in [0.25, 0.3) is 0 Å². The molecule has 27 heteroatoms. The Kier molecular flexibility index (Phi) is 31.1. The number of piperazine rings is 2. The van der Waals surface area contributed by atoms with Gasteiger partial charge in [0.1, 0.15) is 30.5 Å². The molecule has 5 aliphatic heterocycles. The number of cyclic esters (lactones) is 1. The van der Waals surface area contributed by atoms with Gasteiger partial charge in [0.2, 0.25) is 23.6 Å². The number of aromatic nitrogens is 4. The number of anilines is 2. The number of Topliss-reactive ketones (excluding diaryl/α,β-unsaturated/α-hetero) is 2. The number of nitrogens with zero attached hydrogens (tertiary/aromatic N) is 9. The summed E-state index contributed by atoms with van der Waals surface area (Å²) in [6.45, 7) is 20.7. The number of rotatable bonds is 17. The maximum Gasteiger partial charge on any atom is 0.329 e. The van der Waals surface area contributed by atoms with E-state index in [1.807, 2.05) is 75.4 Å². The number of aliphatic hydroxyl groups excluding tert-OH is 2. The average molecular weight is 1430 g/mol. The molecule has 26 nitrogen and oxygen atoms in total. The van der Waals surface area contributed by atoms with Crippen molar-refractivity contribution in [1.82, 2.24) is 40.0 Å². The highest BCUT2D eigenvalue weighted by molar-refractivity contribution is 7.80. The summed E-state index contributed by atoms with van der Waals surface area (Å²) in [5.41, 5.74) is 10.2. The molecule has 0 unspecified atom stereocenters. The van der Waals surface area contributed by atoms with Gasteiger partial charge in [-0.05, 0) is 126 Å². The summed E-state index contributed by atoms with van der Waals surface area (Å²) >= 11 is 5.71. The minimum absolute atomic E-state index is 0.0294. The smallest absolute Gasteiger partial charge is 0.329 e. The number of methoxy groups -OCH3 is 3. The number of esters is 1. The van der Waals surface area contributed by atoms with Crippen molar-refractivity contribution in [3.63, 3.8) is 0 Å². The van der Waals surface area contributed by atoms with Crippen LogP contribution >= 0.6 is 12.2 Å². The second-order valence-corrected chi connectivity index (χ2v) is 29.1. The number of hydrogen-bond donors (Lipinski definition) is 5. The largest absolute Gasteiger partial charge is 0.465 e. The first kappa shape index (κ1) is 80.4. The van der Waals surface area contributed by atoms with E-state index in [0.29, 0.717) is 128 Å². The zero-order valence-electron chi connectivity index (χ0n) is 61.1. The van der Waals surface area contributed by atoms with Crippen LogP contribution in [0.5, 0.6) is 0 Å². The number of fused-ring (bicyclic) bond motifs is 3. The topological polar surface area (TPSA) is 316 Å². The van der Waals surface area contributed by atoms with Gasteiger partial charge in [-0.15, -0.1) is 0 Å². The quantitative estimate of drug-likeness (QED) is 0.0427. The lowest BCUT2D eigenvalue weighted by molar-refractivity contribution is -0.265. The molecule has 2 aromatic rings. The number of ketones is 2. The lowest BCUT2D eigenvalue weighted by Crippen LogP contribution is -2.61. The number of hydrogen-bond acceptors (Lipinski definition) is 24. The fraction of sp³-hybridized carbons (Fsp3) is 0.703.